The normalized spacial score (nSPS) is 11.8. The van der Waals surface area contributed by atoms with E-state index in [1.54, 1.807) is 4.90 Å². The Morgan fingerprint density at radius 3 is 1.94 bits per heavy atom. The largest absolute Gasteiger partial charge is 0.354 e. The number of carbonyl (C=O) groups is 2. The Labute approximate surface area is 197 Å². The molecule has 33 heavy (non-hydrogen) atoms. The third-order valence-electron chi connectivity index (χ3n) is 5.63. The Morgan fingerprint density at radius 2 is 1.36 bits per heavy atom. The van der Waals surface area contributed by atoms with Crippen LogP contribution in [0.3, 0.4) is 0 Å². The van der Waals surface area contributed by atoms with Gasteiger partial charge in [0.05, 0.1) is 6.42 Å². The molecule has 0 spiro atoms. The van der Waals surface area contributed by atoms with Crippen LogP contribution in [0.5, 0.6) is 0 Å². The van der Waals surface area contributed by atoms with Gasteiger partial charge in [-0.3, -0.25) is 9.59 Å². The van der Waals surface area contributed by atoms with E-state index in [1.807, 2.05) is 91.9 Å². The maximum Gasteiger partial charge on any atom is 0.243 e. The molecule has 1 atom stereocenters. The lowest BCUT2D eigenvalue weighted by Crippen LogP contribution is -2.51. The lowest BCUT2D eigenvalue weighted by atomic mass is 10.0. The van der Waals surface area contributed by atoms with E-state index < -0.39 is 6.04 Å². The molecule has 0 heterocycles. The molecular formula is C29H34N2O2. The Bertz CT molecular complexity index is 1010. The molecule has 4 nitrogen and oxygen atoms in total. The van der Waals surface area contributed by atoms with Crippen molar-refractivity contribution in [3.05, 3.63) is 107 Å². The van der Waals surface area contributed by atoms with Crippen LogP contribution in [0.4, 0.5) is 0 Å². The van der Waals surface area contributed by atoms with Crippen LogP contribution in [0.15, 0.2) is 84.9 Å². The third kappa shape index (κ3) is 7.60. The number of benzene rings is 3. The van der Waals surface area contributed by atoms with Crippen molar-refractivity contribution < 1.29 is 9.59 Å². The zero-order valence-corrected chi connectivity index (χ0v) is 19.8. The molecule has 0 fully saturated rings. The van der Waals surface area contributed by atoms with Crippen molar-refractivity contribution in [3.63, 3.8) is 0 Å². The highest BCUT2D eigenvalue weighted by Gasteiger charge is 2.30. The molecule has 0 aliphatic carbocycles. The molecule has 172 valence electrons. The summed E-state index contributed by atoms with van der Waals surface area (Å²) >= 11 is 0. The van der Waals surface area contributed by atoms with Crippen molar-refractivity contribution in [3.8, 4) is 0 Å². The summed E-state index contributed by atoms with van der Waals surface area (Å²) in [6, 6.07) is 27.2. The Hall–Kier alpha value is -3.40. The molecule has 0 radical (unpaired) electrons. The van der Waals surface area contributed by atoms with Crippen molar-refractivity contribution in [2.45, 2.75) is 46.2 Å². The van der Waals surface area contributed by atoms with Crippen LogP contribution in [-0.4, -0.2) is 29.3 Å². The molecule has 1 N–H and O–H groups in total. The van der Waals surface area contributed by atoms with E-state index in [0.717, 1.165) is 22.3 Å². The molecule has 2 amide bonds. The first-order valence-electron chi connectivity index (χ1n) is 11.6. The van der Waals surface area contributed by atoms with Gasteiger partial charge >= 0.3 is 0 Å². The molecule has 4 heteroatoms. The third-order valence-corrected chi connectivity index (χ3v) is 5.63. The van der Waals surface area contributed by atoms with Gasteiger partial charge in [0.2, 0.25) is 11.8 Å². The van der Waals surface area contributed by atoms with Crippen molar-refractivity contribution in [2.24, 2.45) is 5.92 Å². The molecule has 0 aliphatic rings. The van der Waals surface area contributed by atoms with Gasteiger partial charge in [0.15, 0.2) is 0 Å². The zero-order chi connectivity index (χ0) is 23.6. The van der Waals surface area contributed by atoms with Crippen molar-refractivity contribution >= 4 is 11.8 Å². The first kappa shape index (κ1) is 24.2. The van der Waals surface area contributed by atoms with Crippen LogP contribution >= 0.6 is 0 Å². The van der Waals surface area contributed by atoms with Crippen LogP contribution in [0.25, 0.3) is 0 Å². The Kier molecular flexibility index (Phi) is 8.82. The molecular weight excluding hydrogens is 408 g/mol. The fourth-order valence-electron chi connectivity index (χ4n) is 3.74. The minimum absolute atomic E-state index is 0.0525. The van der Waals surface area contributed by atoms with Crippen LogP contribution in [0, 0.1) is 12.8 Å². The molecule has 0 aromatic heterocycles. The first-order valence-corrected chi connectivity index (χ1v) is 11.6. The van der Waals surface area contributed by atoms with Gasteiger partial charge in [-0.05, 0) is 29.5 Å². The van der Waals surface area contributed by atoms with Crippen molar-refractivity contribution in [1.29, 1.82) is 0 Å². The van der Waals surface area contributed by atoms with Gasteiger partial charge in [-0.25, -0.2) is 0 Å². The van der Waals surface area contributed by atoms with Gasteiger partial charge in [0, 0.05) is 19.5 Å². The lowest BCUT2D eigenvalue weighted by Gasteiger charge is -2.32. The summed E-state index contributed by atoms with van der Waals surface area (Å²) in [5.74, 6) is 0.168. The minimum atomic E-state index is -0.593. The molecule has 0 saturated heterocycles. The van der Waals surface area contributed by atoms with E-state index in [-0.39, 0.29) is 18.2 Å². The Morgan fingerprint density at radius 1 is 0.788 bits per heavy atom. The lowest BCUT2D eigenvalue weighted by molar-refractivity contribution is -0.140. The molecule has 0 unspecified atom stereocenters. The number of nitrogens with one attached hydrogen (secondary N) is 1. The van der Waals surface area contributed by atoms with Crippen LogP contribution in [0.1, 0.15) is 36.1 Å². The number of hydrogen-bond donors (Lipinski definition) is 1. The average molecular weight is 443 g/mol. The zero-order valence-electron chi connectivity index (χ0n) is 19.8. The summed E-state index contributed by atoms with van der Waals surface area (Å²) in [5.41, 5.74) is 4.14. The maximum absolute atomic E-state index is 13.6. The van der Waals surface area contributed by atoms with E-state index in [9.17, 15) is 9.59 Å². The maximum atomic E-state index is 13.6. The summed E-state index contributed by atoms with van der Waals surface area (Å²) in [6.07, 6.45) is 0.729. The highest BCUT2D eigenvalue weighted by molar-refractivity contribution is 5.88. The number of carbonyl (C=O) groups excluding carboxylic acids is 2. The SMILES string of the molecule is Cc1ccc(CC(=O)N(Cc2ccccc2)[C@H](Cc2ccccc2)C(=O)NCC(C)C)cc1. The van der Waals surface area contributed by atoms with Gasteiger partial charge < -0.3 is 10.2 Å². The summed E-state index contributed by atoms with van der Waals surface area (Å²) < 4.78 is 0. The standard InChI is InChI=1S/C29H34N2O2/c1-22(2)20-30-29(33)27(18-24-10-6-4-7-11-24)31(21-26-12-8-5-9-13-26)28(32)19-25-16-14-23(3)15-17-25/h4-17,22,27H,18-21H2,1-3H3,(H,30,33)/t27-/m1/s1. The Balaban J connectivity index is 1.92. The van der Waals surface area contributed by atoms with Crippen LogP contribution < -0.4 is 5.32 Å². The van der Waals surface area contributed by atoms with Crippen molar-refractivity contribution in [1.82, 2.24) is 10.2 Å². The average Bonchev–Trinajstić information content (AvgIpc) is 2.82. The second-order valence-corrected chi connectivity index (χ2v) is 9.01. The first-order chi connectivity index (χ1) is 15.9. The number of aryl methyl sites for hydroxylation is 1. The molecule has 3 rings (SSSR count). The van der Waals surface area contributed by atoms with E-state index in [0.29, 0.717) is 25.4 Å². The smallest absolute Gasteiger partial charge is 0.243 e. The topological polar surface area (TPSA) is 49.4 Å². The fraction of sp³-hybridized carbons (Fsp3) is 0.310. The summed E-state index contributed by atoms with van der Waals surface area (Å²) in [5, 5.41) is 3.06. The van der Waals surface area contributed by atoms with Crippen molar-refractivity contribution in [2.75, 3.05) is 6.54 Å². The van der Waals surface area contributed by atoms with E-state index >= 15 is 0 Å². The number of rotatable bonds is 10. The van der Waals surface area contributed by atoms with Gasteiger partial charge in [0.25, 0.3) is 0 Å². The van der Waals surface area contributed by atoms with E-state index in [4.69, 9.17) is 0 Å². The predicted octanol–water partition coefficient (Wildman–Crippen LogP) is 4.95. The quantitative estimate of drug-likeness (QED) is 0.483. The summed E-state index contributed by atoms with van der Waals surface area (Å²) in [4.78, 5) is 28.8. The van der Waals surface area contributed by atoms with Crippen LogP contribution in [-0.2, 0) is 29.0 Å². The second-order valence-electron chi connectivity index (χ2n) is 9.01. The highest BCUT2D eigenvalue weighted by atomic mass is 16.2. The van der Waals surface area contributed by atoms with Gasteiger partial charge in [0.1, 0.15) is 6.04 Å². The van der Waals surface area contributed by atoms with Gasteiger partial charge in [-0.1, -0.05) is 104 Å². The molecule has 3 aromatic carbocycles. The number of nitrogens with zero attached hydrogens (tertiary/aromatic N) is 1. The monoisotopic (exact) mass is 442 g/mol. The summed E-state index contributed by atoms with van der Waals surface area (Å²) in [7, 11) is 0. The fourth-order valence-corrected chi connectivity index (χ4v) is 3.74. The van der Waals surface area contributed by atoms with Gasteiger partial charge in [-0.15, -0.1) is 0 Å². The number of amides is 2. The van der Waals surface area contributed by atoms with E-state index in [2.05, 4.69) is 19.2 Å². The number of hydrogen-bond acceptors (Lipinski definition) is 2. The second kappa shape index (κ2) is 12.0. The molecule has 0 bridgehead atoms. The summed E-state index contributed by atoms with van der Waals surface area (Å²) in [6.45, 7) is 7.13. The van der Waals surface area contributed by atoms with Gasteiger partial charge in [-0.2, -0.15) is 0 Å². The minimum Gasteiger partial charge on any atom is -0.354 e. The highest BCUT2D eigenvalue weighted by Crippen LogP contribution is 2.17. The van der Waals surface area contributed by atoms with E-state index in [1.165, 1.54) is 0 Å². The molecule has 3 aromatic rings. The predicted molar refractivity (Wildman–Crippen MR) is 134 cm³/mol. The molecule has 0 aliphatic heterocycles. The van der Waals surface area contributed by atoms with Crippen LogP contribution in [0.2, 0.25) is 0 Å². The molecule has 0 saturated carbocycles.